The van der Waals surface area contributed by atoms with E-state index in [1.165, 1.54) is 27.9 Å². The Morgan fingerprint density at radius 3 is 2.47 bits per heavy atom. The van der Waals surface area contributed by atoms with Crippen LogP contribution in [-0.2, 0) is 6.42 Å². The van der Waals surface area contributed by atoms with E-state index in [9.17, 15) is 0 Å². The zero-order chi connectivity index (χ0) is 19.9. The summed E-state index contributed by atoms with van der Waals surface area (Å²) in [6.45, 7) is 0. The molecule has 6 rings (SSSR count). The van der Waals surface area contributed by atoms with Crippen LogP contribution in [0.5, 0.6) is 0 Å². The van der Waals surface area contributed by atoms with Crippen LogP contribution in [0.4, 0.5) is 0 Å². The highest BCUT2D eigenvalue weighted by molar-refractivity contribution is 5.90. The Kier molecular flexibility index (Phi) is 4.01. The molecule has 0 spiro atoms. The van der Waals surface area contributed by atoms with Gasteiger partial charge in [0, 0.05) is 16.6 Å². The second kappa shape index (κ2) is 6.99. The maximum absolute atomic E-state index is 4.75. The molecule has 0 atom stereocenters. The van der Waals surface area contributed by atoms with Gasteiger partial charge in [0.15, 0.2) is 5.82 Å². The van der Waals surface area contributed by atoms with E-state index in [1.807, 2.05) is 6.07 Å². The Labute approximate surface area is 175 Å². The van der Waals surface area contributed by atoms with Crippen molar-refractivity contribution in [1.82, 2.24) is 19.3 Å². The molecule has 4 nitrogen and oxygen atoms in total. The van der Waals surface area contributed by atoms with E-state index < -0.39 is 0 Å². The van der Waals surface area contributed by atoms with Crippen LogP contribution in [-0.4, -0.2) is 19.3 Å². The average Bonchev–Trinajstić information content (AvgIpc) is 3.39. The number of rotatable bonds is 3. The first kappa shape index (κ1) is 17.2. The van der Waals surface area contributed by atoms with Gasteiger partial charge in [0.05, 0.1) is 11.2 Å². The van der Waals surface area contributed by atoms with Crippen LogP contribution in [0.3, 0.4) is 0 Å². The van der Waals surface area contributed by atoms with Crippen LogP contribution in [0.2, 0.25) is 0 Å². The zero-order valence-corrected chi connectivity index (χ0v) is 16.7. The molecular weight excluding hydrogens is 368 g/mol. The van der Waals surface area contributed by atoms with Crippen molar-refractivity contribution in [3.63, 3.8) is 0 Å². The predicted molar refractivity (Wildman–Crippen MR) is 122 cm³/mol. The summed E-state index contributed by atoms with van der Waals surface area (Å²) in [7, 11) is 0. The van der Waals surface area contributed by atoms with Crippen molar-refractivity contribution in [1.29, 1.82) is 0 Å². The maximum Gasteiger partial charge on any atom is 0.241 e. The molecule has 0 saturated heterocycles. The molecule has 2 aromatic carbocycles. The first-order chi connectivity index (χ1) is 14.9. The third kappa shape index (κ3) is 2.61. The molecule has 4 aromatic rings. The maximum atomic E-state index is 4.75. The molecule has 2 aliphatic rings. The smallest absolute Gasteiger partial charge is 0.241 e. The van der Waals surface area contributed by atoms with Gasteiger partial charge in [-0.15, -0.1) is 10.2 Å². The Morgan fingerprint density at radius 2 is 1.60 bits per heavy atom. The Balaban J connectivity index is 1.68. The van der Waals surface area contributed by atoms with Gasteiger partial charge in [0.2, 0.25) is 5.95 Å². The molecule has 0 amide bonds. The SMILES string of the molecule is C1=CCCC(n2c(-c3ccccc3)nnc2-n2c3c(c4ccccc42)CCC=C3)=C1. The van der Waals surface area contributed by atoms with Gasteiger partial charge in [-0.25, -0.2) is 0 Å². The minimum Gasteiger partial charge on any atom is -0.278 e. The van der Waals surface area contributed by atoms with Crippen molar-refractivity contribution in [3.8, 4) is 17.3 Å². The second-order valence-corrected chi connectivity index (χ2v) is 7.81. The number of allylic oxidation sites excluding steroid dienone is 5. The summed E-state index contributed by atoms with van der Waals surface area (Å²) in [5.74, 6) is 1.75. The van der Waals surface area contributed by atoms with Gasteiger partial charge in [-0.2, -0.15) is 0 Å². The summed E-state index contributed by atoms with van der Waals surface area (Å²) in [6, 6.07) is 19.0. The van der Waals surface area contributed by atoms with Gasteiger partial charge in [0.1, 0.15) is 0 Å². The lowest BCUT2D eigenvalue weighted by molar-refractivity contribution is 0.865. The number of para-hydroxylation sites is 1. The lowest BCUT2D eigenvalue weighted by Gasteiger charge is -2.18. The average molecular weight is 390 g/mol. The van der Waals surface area contributed by atoms with E-state index in [4.69, 9.17) is 5.10 Å². The molecule has 146 valence electrons. The minimum atomic E-state index is 0.861. The van der Waals surface area contributed by atoms with Gasteiger partial charge in [-0.05, 0) is 49.5 Å². The topological polar surface area (TPSA) is 35.6 Å². The quantitative estimate of drug-likeness (QED) is 0.427. The molecule has 0 saturated carbocycles. The summed E-state index contributed by atoms with van der Waals surface area (Å²) in [5, 5.41) is 10.7. The van der Waals surface area contributed by atoms with Gasteiger partial charge < -0.3 is 0 Å². The lowest BCUT2D eigenvalue weighted by Crippen LogP contribution is -2.11. The molecule has 0 radical (unpaired) electrons. The van der Waals surface area contributed by atoms with E-state index in [0.29, 0.717) is 0 Å². The van der Waals surface area contributed by atoms with Gasteiger partial charge in [0.25, 0.3) is 0 Å². The number of hydrogen-bond donors (Lipinski definition) is 0. The van der Waals surface area contributed by atoms with Crippen molar-refractivity contribution >= 4 is 22.7 Å². The van der Waals surface area contributed by atoms with Gasteiger partial charge in [-0.1, -0.05) is 66.8 Å². The first-order valence-corrected chi connectivity index (χ1v) is 10.6. The predicted octanol–water partition coefficient (Wildman–Crippen LogP) is 6.04. The molecule has 0 bridgehead atoms. The Hall–Kier alpha value is -3.66. The molecule has 0 fully saturated rings. The van der Waals surface area contributed by atoms with Crippen molar-refractivity contribution in [2.75, 3.05) is 0 Å². The van der Waals surface area contributed by atoms with Crippen LogP contribution < -0.4 is 0 Å². The van der Waals surface area contributed by atoms with Gasteiger partial charge in [-0.3, -0.25) is 9.13 Å². The number of nitrogens with zero attached hydrogens (tertiary/aromatic N) is 4. The number of hydrogen-bond acceptors (Lipinski definition) is 2. The van der Waals surface area contributed by atoms with Crippen LogP contribution >= 0.6 is 0 Å². The number of fused-ring (bicyclic) bond motifs is 3. The normalized spacial score (nSPS) is 15.4. The fourth-order valence-electron chi connectivity index (χ4n) is 4.64. The monoisotopic (exact) mass is 390 g/mol. The summed E-state index contributed by atoms with van der Waals surface area (Å²) >= 11 is 0. The largest absolute Gasteiger partial charge is 0.278 e. The highest BCUT2D eigenvalue weighted by atomic mass is 15.4. The fourth-order valence-corrected chi connectivity index (χ4v) is 4.64. The molecule has 0 unspecified atom stereocenters. The van der Waals surface area contributed by atoms with Crippen molar-refractivity contribution in [2.24, 2.45) is 0 Å². The van der Waals surface area contributed by atoms with Crippen LogP contribution in [0.25, 0.3) is 40.0 Å². The molecule has 2 aromatic heterocycles. The van der Waals surface area contributed by atoms with E-state index in [1.54, 1.807) is 0 Å². The van der Waals surface area contributed by atoms with Crippen molar-refractivity contribution < 1.29 is 0 Å². The number of aryl methyl sites for hydroxylation is 1. The molecular formula is C26H22N4. The highest BCUT2D eigenvalue weighted by Crippen LogP contribution is 2.36. The fraction of sp³-hybridized carbons (Fsp3) is 0.154. The lowest BCUT2D eigenvalue weighted by atomic mass is 10.0. The molecule has 2 aliphatic carbocycles. The van der Waals surface area contributed by atoms with Crippen molar-refractivity contribution in [3.05, 3.63) is 90.2 Å². The van der Waals surface area contributed by atoms with Crippen LogP contribution in [0.1, 0.15) is 30.5 Å². The van der Waals surface area contributed by atoms with Crippen LogP contribution in [0.15, 0.2) is 78.9 Å². The Bertz CT molecular complexity index is 1330. The molecule has 2 heterocycles. The van der Waals surface area contributed by atoms with E-state index in [2.05, 4.69) is 93.1 Å². The zero-order valence-electron chi connectivity index (χ0n) is 16.7. The molecule has 0 aliphatic heterocycles. The van der Waals surface area contributed by atoms with Crippen LogP contribution in [0, 0.1) is 0 Å². The molecule has 30 heavy (non-hydrogen) atoms. The highest BCUT2D eigenvalue weighted by Gasteiger charge is 2.24. The molecule has 0 N–H and O–H groups in total. The van der Waals surface area contributed by atoms with E-state index in [-0.39, 0.29) is 0 Å². The number of benzene rings is 2. The Morgan fingerprint density at radius 1 is 0.767 bits per heavy atom. The third-order valence-electron chi connectivity index (χ3n) is 6.01. The summed E-state index contributed by atoms with van der Waals surface area (Å²) < 4.78 is 4.53. The molecule has 4 heteroatoms. The second-order valence-electron chi connectivity index (χ2n) is 7.81. The number of aromatic nitrogens is 4. The summed E-state index contributed by atoms with van der Waals surface area (Å²) in [6.07, 6.45) is 15.2. The summed E-state index contributed by atoms with van der Waals surface area (Å²) in [5.41, 5.74) is 6.12. The third-order valence-corrected chi connectivity index (χ3v) is 6.01. The first-order valence-electron chi connectivity index (χ1n) is 10.6. The van der Waals surface area contributed by atoms with E-state index >= 15 is 0 Å². The minimum absolute atomic E-state index is 0.861. The van der Waals surface area contributed by atoms with E-state index in [0.717, 1.165) is 43.0 Å². The standard InChI is InChI=1S/C26H22N4/c1-3-11-19(12-4-1)25-27-28-26(29(25)20-13-5-2-6-14-20)30-23-17-9-7-15-21(23)22-16-8-10-18-24(22)30/h1-5,7,9-13,15,17-18H,6,8,14,16H2. The van der Waals surface area contributed by atoms with Crippen molar-refractivity contribution in [2.45, 2.75) is 25.7 Å². The summed E-state index contributed by atoms with van der Waals surface area (Å²) in [4.78, 5) is 0. The van der Waals surface area contributed by atoms with Gasteiger partial charge >= 0.3 is 0 Å².